The number of hydrogen-bond donors (Lipinski definition) is 2. The van der Waals surface area contributed by atoms with E-state index in [9.17, 15) is 19.3 Å². The fraction of sp³-hybridized carbons (Fsp3) is 0.619. The number of carboxylic acid groups (broad SMARTS) is 1. The van der Waals surface area contributed by atoms with Crippen LogP contribution in [0, 0.1) is 0 Å². The van der Waals surface area contributed by atoms with Crippen LogP contribution in [0.3, 0.4) is 0 Å². The van der Waals surface area contributed by atoms with Crippen molar-refractivity contribution in [3.05, 3.63) is 35.9 Å². The van der Waals surface area contributed by atoms with Crippen LogP contribution in [-0.2, 0) is 25.1 Å². The highest BCUT2D eigenvalue weighted by Crippen LogP contribution is 2.54. The number of carboxylic acids is 1. The van der Waals surface area contributed by atoms with Crippen molar-refractivity contribution in [3.63, 3.8) is 0 Å². The second-order valence-electron chi connectivity index (χ2n) is 7.19. The van der Waals surface area contributed by atoms with Crippen LogP contribution in [0.5, 0.6) is 0 Å². The SMILES string of the molecule is O=C(CSCCOP(=O)(N(CCCl)CCCl)N(CCCl)CCCl)N[C@@H](Cc1ccccc1)C(=O)O. The number of alkyl halides is 4. The molecule has 0 unspecified atom stereocenters. The van der Waals surface area contributed by atoms with Crippen LogP contribution in [-0.4, -0.2) is 100 Å². The van der Waals surface area contributed by atoms with Gasteiger partial charge in [-0.3, -0.25) is 9.36 Å². The van der Waals surface area contributed by atoms with Gasteiger partial charge in [-0.1, -0.05) is 30.3 Å². The number of rotatable bonds is 20. The molecule has 35 heavy (non-hydrogen) atoms. The van der Waals surface area contributed by atoms with Gasteiger partial charge in [0.05, 0.1) is 12.4 Å². The van der Waals surface area contributed by atoms with Crippen LogP contribution in [0.25, 0.3) is 0 Å². The lowest BCUT2D eigenvalue weighted by molar-refractivity contribution is -0.141. The first-order chi connectivity index (χ1) is 16.8. The summed E-state index contributed by atoms with van der Waals surface area (Å²) in [6, 6.07) is 8.05. The van der Waals surface area contributed by atoms with Crippen LogP contribution < -0.4 is 5.32 Å². The molecule has 0 saturated heterocycles. The zero-order valence-corrected chi connectivity index (χ0v) is 24.0. The topological polar surface area (TPSA) is 99.2 Å². The van der Waals surface area contributed by atoms with E-state index in [1.165, 1.54) is 11.8 Å². The molecule has 0 fully saturated rings. The zero-order valence-electron chi connectivity index (χ0n) is 19.3. The first-order valence-corrected chi connectivity index (χ1v) is 15.8. The minimum absolute atomic E-state index is 0.0341. The Morgan fingerprint density at radius 3 is 1.94 bits per heavy atom. The number of benzene rings is 1. The molecule has 200 valence electrons. The zero-order chi connectivity index (χ0) is 26.1. The van der Waals surface area contributed by atoms with Crippen molar-refractivity contribution >= 4 is 77.7 Å². The minimum Gasteiger partial charge on any atom is -0.480 e. The van der Waals surface area contributed by atoms with Gasteiger partial charge in [0.25, 0.3) is 0 Å². The molecule has 2 N–H and O–H groups in total. The smallest absolute Gasteiger partial charge is 0.346 e. The van der Waals surface area contributed by atoms with E-state index in [0.717, 1.165) is 5.56 Å². The normalized spacial score (nSPS) is 12.7. The minimum atomic E-state index is -3.51. The van der Waals surface area contributed by atoms with Gasteiger partial charge in [0, 0.05) is 61.9 Å². The number of thioether (sulfide) groups is 1. The van der Waals surface area contributed by atoms with Gasteiger partial charge in [-0.15, -0.1) is 58.2 Å². The molecule has 1 amide bonds. The summed E-state index contributed by atoms with van der Waals surface area (Å²) in [4.78, 5) is 23.8. The summed E-state index contributed by atoms with van der Waals surface area (Å²) in [5.74, 6) is -0.159. The summed E-state index contributed by atoms with van der Waals surface area (Å²) in [5, 5.41) is 12.0. The Labute approximate surface area is 231 Å². The van der Waals surface area contributed by atoms with E-state index in [2.05, 4.69) is 5.32 Å². The lowest BCUT2D eigenvalue weighted by atomic mass is 10.1. The quantitative estimate of drug-likeness (QED) is 0.129. The van der Waals surface area contributed by atoms with Crippen molar-refractivity contribution in [2.45, 2.75) is 12.5 Å². The van der Waals surface area contributed by atoms with Crippen LogP contribution in [0.1, 0.15) is 5.56 Å². The molecule has 1 rings (SSSR count). The number of aliphatic carboxylic acids is 1. The average Bonchev–Trinajstić information content (AvgIpc) is 2.83. The number of hydrogen-bond acceptors (Lipinski definition) is 5. The van der Waals surface area contributed by atoms with E-state index in [4.69, 9.17) is 50.9 Å². The third-order valence-electron chi connectivity index (χ3n) is 4.72. The van der Waals surface area contributed by atoms with Crippen molar-refractivity contribution in [1.82, 2.24) is 14.7 Å². The average molecular weight is 611 g/mol. The monoisotopic (exact) mass is 609 g/mol. The summed E-state index contributed by atoms with van der Waals surface area (Å²) in [6.07, 6.45) is 0.187. The molecule has 0 saturated carbocycles. The van der Waals surface area contributed by atoms with E-state index in [1.807, 2.05) is 30.3 Å². The molecule has 8 nitrogen and oxygen atoms in total. The van der Waals surface area contributed by atoms with Gasteiger partial charge in [-0.2, -0.15) is 0 Å². The van der Waals surface area contributed by atoms with Gasteiger partial charge < -0.3 is 14.9 Å². The van der Waals surface area contributed by atoms with Crippen LogP contribution in [0.4, 0.5) is 0 Å². The molecule has 0 radical (unpaired) electrons. The Hall–Kier alpha value is -0.220. The maximum absolute atomic E-state index is 13.9. The van der Waals surface area contributed by atoms with Gasteiger partial charge >= 0.3 is 13.6 Å². The molecule has 0 spiro atoms. The number of nitrogens with zero attached hydrogens (tertiary/aromatic N) is 2. The maximum atomic E-state index is 13.9. The Balaban J connectivity index is 2.65. The number of carbonyl (C=O) groups is 2. The first kappa shape index (κ1) is 32.8. The number of carbonyl (C=O) groups excluding carboxylic acids is 1. The number of nitrogens with one attached hydrogen (secondary N) is 1. The highest BCUT2D eigenvalue weighted by molar-refractivity contribution is 7.99. The highest BCUT2D eigenvalue weighted by atomic mass is 35.5. The van der Waals surface area contributed by atoms with Gasteiger partial charge in [-0.05, 0) is 5.56 Å². The highest BCUT2D eigenvalue weighted by Gasteiger charge is 2.37. The molecule has 1 atom stereocenters. The van der Waals surface area contributed by atoms with Crippen molar-refractivity contribution < 1.29 is 23.8 Å². The molecule has 0 aliphatic carbocycles. The predicted octanol–water partition coefficient (Wildman–Crippen LogP) is 4.22. The standard InChI is InChI=1S/C21H32Cl4N3O5PS/c22-6-10-27(11-7-23)34(32,28(12-8-24)13-9-25)33-14-15-35-17-20(29)26-19(21(30)31)16-18-4-2-1-3-5-18/h1-5,19H,6-17H2,(H,26,29)(H,30,31)/t19-/m0/s1. The second-order valence-corrected chi connectivity index (χ2v) is 12.2. The van der Waals surface area contributed by atoms with Crippen molar-refractivity contribution in [2.75, 3.05) is 67.8 Å². The van der Waals surface area contributed by atoms with Gasteiger partial charge in [0.1, 0.15) is 6.04 Å². The fourth-order valence-electron chi connectivity index (χ4n) is 3.13. The number of amides is 1. The van der Waals surface area contributed by atoms with E-state index in [-0.39, 0.29) is 42.3 Å². The molecule has 0 heterocycles. The molecule has 0 aliphatic heterocycles. The Kier molecular flexibility index (Phi) is 17.8. The molecular formula is C21H32Cl4N3O5PS. The Bertz CT molecular complexity index is 767. The predicted molar refractivity (Wildman–Crippen MR) is 147 cm³/mol. The van der Waals surface area contributed by atoms with Crippen molar-refractivity contribution in [3.8, 4) is 0 Å². The third kappa shape index (κ3) is 12.2. The maximum Gasteiger partial charge on any atom is 0.346 e. The molecule has 0 aliphatic rings. The lowest BCUT2D eigenvalue weighted by Crippen LogP contribution is -2.43. The lowest BCUT2D eigenvalue weighted by Gasteiger charge is -2.37. The molecule has 14 heteroatoms. The van der Waals surface area contributed by atoms with Crippen LogP contribution >= 0.6 is 65.8 Å². The molecular weight excluding hydrogens is 579 g/mol. The summed E-state index contributed by atoms with van der Waals surface area (Å²) >= 11 is 24.9. The molecule has 1 aromatic rings. The fourth-order valence-corrected chi connectivity index (χ4v) is 7.58. The van der Waals surface area contributed by atoms with E-state index in [0.29, 0.717) is 31.9 Å². The van der Waals surface area contributed by atoms with Gasteiger partial charge in [0.15, 0.2) is 0 Å². The van der Waals surface area contributed by atoms with E-state index in [1.54, 1.807) is 9.34 Å². The van der Waals surface area contributed by atoms with Gasteiger partial charge in [0.2, 0.25) is 5.91 Å². The van der Waals surface area contributed by atoms with Crippen molar-refractivity contribution in [1.29, 1.82) is 0 Å². The summed E-state index contributed by atoms with van der Waals surface area (Å²) in [6.45, 7) is 1.31. The first-order valence-electron chi connectivity index (χ1n) is 11.0. The Morgan fingerprint density at radius 1 is 0.971 bits per heavy atom. The van der Waals surface area contributed by atoms with Crippen LogP contribution in [0.15, 0.2) is 30.3 Å². The van der Waals surface area contributed by atoms with E-state index >= 15 is 0 Å². The molecule has 0 aromatic heterocycles. The third-order valence-corrected chi connectivity index (χ3v) is 9.07. The summed E-state index contributed by atoms with van der Waals surface area (Å²) in [5.41, 5.74) is 0.814. The molecule has 0 bridgehead atoms. The largest absolute Gasteiger partial charge is 0.480 e. The summed E-state index contributed by atoms with van der Waals surface area (Å²) in [7, 11) is -3.51. The van der Waals surface area contributed by atoms with Crippen LogP contribution in [0.2, 0.25) is 0 Å². The second kappa shape index (κ2) is 18.9. The van der Waals surface area contributed by atoms with Crippen molar-refractivity contribution in [2.24, 2.45) is 0 Å². The Morgan fingerprint density at radius 2 is 1.49 bits per heavy atom. The number of halogens is 4. The van der Waals surface area contributed by atoms with Gasteiger partial charge in [-0.25, -0.2) is 14.1 Å². The van der Waals surface area contributed by atoms with E-state index < -0.39 is 25.6 Å². The summed E-state index contributed by atoms with van der Waals surface area (Å²) < 4.78 is 23.0. The molecule has 1 aromatic carbocycles.